The number of aromatic nitrogens is 2. The number of nitrogens with one attached hydrogen (secondary N) is 2. The van der Waals surface area contributed by atoms with Crippen molar-refractivity contribution in [3.8, 4) is 0 Å². The van der Waals surface area contributed by atoms with Gasteiger partial charge in [0.15, 0.2) is 0 Å². The zero-order valence-corrected chi connectivity index (χ0v) is 11.3. The summed E-state index contributed by atoms with van der Waals surface area (Å²) in [7, 11) is 0. The fourth-order valence-electron chi connectivity index (χ4n) is 3.73. The number of carbonyl (C=O) groups is 1. The van der Waals surface area contributed by atoms with Crippen LogP contribution in [0.25, 0.3) is 10.9 Å². The van der Waals surface area contributed by atoms with Crippen LogP contribution in [0.15, 0.2) is 48.7 Å². The van der Waals surface area contributed by atoms with Gasteiger partial charge in [-0.25, -0.2) is 0 Å². The van der Waals surface area contributed by atoms with E-state index in [-0.39, 0.29) is 17.2 Å². The van der Waals surface area contributed by atoms with Crippen molar-refractivity contribution in [1.82, 2.24) is 10.2 Å². The lowest BCUT2D eigenvalue weighted by atomic mass is 9.92. The van der Waals surface area contributed by atoms with Gasteiger partial charge in [-0.3, -0.25) is 9.89 Å². The lowest BCUT2D eigenvalue weighted by Crippen LogP contribution is -2.20. The van der Waals surface area contributed by atoms with Gasteiger partial charge in [0.2, 0.25) is 5.91 Å². The second kappa shape index (κ2) is 3.52. The van der Waals surface area contributed by atoms with Gasteiger partial charge < -0.3 is 5.32 Å². The molecule has 1 aromatic heterocycles. The number of fused-ring (bicyclic) bond motifs is 3. The average Bonchev–Trinajstić information content (AvgIpc) is 2.97. The minimum Gasteiger partial charge on any atom is -0.325 e. The van der Waals surface area contributed by atoms with Crippen LogP contribution in [-0.4, -0.2) is 16.1 Å². The van der Waals surface area contributed by atoms with E-state index in [9.17, 15) is 4.79 Å². The van der Waals surface area contributed by atoms with Crippen LogP contribution in [0.1, 0.15) is 23.5 Å². The molecule has 5 rings (SSSR count). The Hall–Kier alpha value is -2.62. The van der Waals surface area contributed by atoms with Gasteiger partial charge in [-0.2, -0.15) is 5.10 Å². The molecule has 2 N–H and O–H groups in total. The van der Waals surface area contributed by atoms with Crippen LogP contribution >= 0.6 is 0 Å². The van der Waals surface area contributed by atoms with Gasteiger partial charge in [0, 0.05) is 17.0 Å². The molecule has 21 heavy (non-hydrogen) atoms. The maximum Gasteiger partial charge on any atom is 0.235 e. The maximum absolute atomic E-state index is 12.5. The molecule has 1 aliphatic carbocycles. The smallest absolute Gasteiger partial charge is 0.235 e. The molecule has 3 aromatic rings. The van der Waals surface area contributed by atoms with Crippen molar-refractivity contribution in [2.24, 2.45) is 0 Å². The minimum atomic E-state index is -0.353. The maximum atomic E-state index is 12.5. The fourth-order valence-corrected chi connectivity index (χ4v) is 3.73. The van der Waals surface area contributed by atoms with E-state index in [4.69, 9.17) is 0 Å². The summed E-state index contributed by atoms with van der Waals surface area (Å²) in [6, 6.07) is 14.3. The molecule has 2 aromatic carbocycles. The zero-order chi connectivity index (χ0) is 14.0. The van der Waals surface area contributed by atoms with E-state index >= 15 is 0 Å². The van der Waals surface area contributed by atoms with E-state index in [0.717, 1.165) is 28.6 Å². The predicted molar refractivity (Wildman–Crippen MR) is 80.2 cm³/mol. The van der Waals surface area contributed by atoms with E-state index in [1.165, 1.54) is 5.56 Å². The highest BCUT2D eigenvalue weighted by atomic mass is 16.2. The highest BCUT2D eigenvalue weighted by Gasteiger charge is 2.64. The third-order valence-corrected chi connectivity index (χ3v) is 4.89. The molecule has 0 radical (unpaired) electrons. The molecule has 2 atom stereocenters. The van der Waals surface area contributed by atoms with Crippen molar-refractivity contribution < 1.29 is 4.79 Å². The van der Waals surface area contributed by atoms with Gasteiger partial charge in [0.25, 0.3) is 0 Å². The first-order valence-corrected chi connectivity index (χ1v) is 7.13. The molecule has 1 fully saturated rings. The van der Waals surface area contributed by atoms with Gasteiger partial charge in [-0.05, 0) is 35.7 Å². The molecule has 4 heteroatoms. The Kier molecular flexibility index (Phi) is 1.86. The predicted octanol–water partition coefficient (Wildman–Crippen LogP) is 2.94. The summed E-state index contributed by atoms with van der Waals surface area (Å²) in [6.45, 7) is 0. The van der Waals surface area contributed by atoms with Gasteiger partial charge >= 0.3 is 0 Å². The van der Waals surface area contributed by atoms with Crippen LogP contribution in [0.5, 0.6) is 0 Å². The molecule has 0 saturated heterocycles. The van der Waals surface area contributed by atoms with Gasteiger partial charge in [-0.1, -0.05) is 24.3 Å². The normalized spacial score (nSPS) is 26.1. The summed E-state index contributed by atoms with van der Waals surface area (Å²) in [5, 5.41) is 11.1. The Balaban J connectivity index is 1.63. The molecule has 1 aliphatic heterocycles. The van der Waals surface area contributed by atoms with E-state index in [1.807, 2.05) is 30.5 Å². The largest absolute Gasteiger partial charge is 0.325 e. The Morgan fingerprint density at radius 2 is 2.10 bits per heavy atom. The number of H-pyrrole nitrogens is 1. The van der Waals surface area contributed by atoms with Crippen molar-refractivity contribution in [2.45, 2.75) is 17.8 Å². The second-order valence-corrected chi connectivity index (χ2v) is 5.94. The van der Waals surface area contributed by atoms with Crippen molar-refractivity contribution in [3.05, 3.63) is 59.8 Å². The zero-order valence-electron chi connectivity index (χ0n) is 11.3. The Labute approximate surface area is 121 Å². The molecule has 4 nitrogen and oxygen atoms in total. The number of rotatable bonds is 1. The third kappa shape index (κ3) is 1.29. The molecule has 1 spiro atoms. The molecule has 1 saturated carbocycles. The summed E-state index contributed by atoms with van der Waals surface area (Å²) in [4.78, 5) is 12.5. The second-order valence-electron chi connectivity index (χ2n) is 5.94. The standard InChI is InChI=1S/C17H13N3O/c21-16-17(12-3-1-2-4-15(12)19-16)8-13(17)10-5-6-14-11(7-10)9-18-20-14/h1-7,9,13H,8H2,(H,18,20)(H,19,21). The lowest BCUT2D eigenvalue weighted by molar-refractivity contribution is -0.118. The molecule has 102 valence electrons. The number of anilines is 1. The first-order chi connectivity index (χ1) is 10.3. The summed E-state index contributed by atoms with van der Waals surface area (Å²) in [6.07, 6.45) is 2.72. The molecule has 1 amide bonds. The summed E-state index contributed by atoms with van der Waals surface area (Å²) in [5.41, 5.74) is 4.01. The number of nitrogens with zero attached hydrogens (tertiary/aromatic N) is 1. The SMILES string of the molecule is O=C1Nc2ccccc2C12CC2c1ccc2[nH]ncc2c1. The van der Waals surface area contributed by atoms with Gasteiger partial charge in [0.05, 0.1) is 17.1 Å². The van der Waals surface area contributed by atoms with Crippen molar-refractivity contribution in [3.63, 3.8) is 0 Å². The topological polar surface area (TPSA) is 57.8 Å². The summed E-state index contributed by atoms with van der Waals surface area (Å²) >= 11 is 0. The third-order valence-electron chi connectivity index (χ3n) is 4.89. The highest BCUT2D eigenvalue weighted by Crippen LogP contribution is 2.64. The van der Waals surface area contributed by atoms with E-state index in [1.54, 1.807) is 0 Å². The average molecular weight is 275 g/mol. The molecule has 0 bridgehead atoms. The molecule has 2 aliphatic rings. The number of benzene rings is 2. The van der Waals surface area contributed by atoms with E-state index in [2.05, 4.69) is 33.7 Å². The lowest BCUT2D eigenvalue weighted by Gasteiger charge is -2.08. The number of hydrogen-bond acceptors (Lipinski definition) is 2. The fraction of sp³-hybridized carbons (Fsp3) is 0.176. The van der Waals surface area contributed by atoms with Crippen LogP contribution in [0, 0.1) is 0 Å². The van der Waals surface area contributed by atoms with E-state index < -0.39 is 0 Å². The number of amides is 1. The number of aromatic amines is 1. The molecular formula is C17H13N3O. The Morgan fingerprint density at radius 1 is 1.19 bits per heavy atom. The number of para-hydroxylation sites is 1. The highest BCUT2D eigenvalue weighted by molar-refractivity contribution is 6.09. The molecular weight excluding hydrogens is 262 g/mol. The summed E-state index contributed by atoms with van der Waals surface area (Å²) in [5.74, 6) is 0.404. The summed E-state index contributed by atoms with van der Waals surface area (Å²) < 4.78 is 0. The van der Waals surface area contributed by atoms with Gasteiger partial charge in [0.1, 0.15) is 0 Å². The number of hydrogen-bond donors (Lipinski definition) is 2. The van der Waals surface area contributed by atoms with E-state index in [0.29, 0.717) is 0 Å². The quantitative estimate of drug-likeness (QED) is 0.717. The Bertz CT molecular complexity index is 898. The Morgan fingerprint density at radius 3 is 3.05 bits per heavy atom. The van der Waals surface area contributed by atoms with Gasteiger partial charge in [-0.15, -0.1) is 0 Å². The van der Waals surface area contributed by atoms with Crippen LogP contribution in [-0.2, 0) is 10.2 Å². The van der Waals surface area contributed by atoms with Crippen LogP contribution in [0.2, 0.25) is 0 Å². The number of carbonyl (C=O) groups excluding carboxylic acids is 1. The monoisotopic (exact) mass is 275 g/mol. The van der Waals surface area contributed by atoms with Crippen LogP contribution in [0.3, 0.4) is 0 Å². The van der Waals surface area contributed by atoms with Crippen molar-refractivity contribution in [1.29, 1.82) is 0 Å². The van der Waals surface area contributed by atoms with Crippen molar-refractivity contribution >= 4 is 22.5 Å². The first kappa shape index (κ1) is 11.1. The van der Waals surface area contributed by atoms with Crippen LogP contribution in [0.4, 0.5) is 5.69 Å². The minimum absolute atomic E-state index is 0.140. The molecule has 2 heterocycles. The van der Waals surface area contributed by atoms with Crippen LogP contribution < -0.4 is 5.32 Å². The van der Waals surface area contributed by atoms with Crippen molar-refractivity contribution in [2.75, 3.05) is 5.32 Å². The first-order valence-electron chi connectivity index (χ1n) is 7.13. The molecule has 2 unspecified atom stereocenters.